The number of hydrogen-bond donors (Lipinski definition) is 1. The van der Waals surface area contributed by atoms with E-state index in [9.17, 15) is 0 Å². The van der Waals surface area contributed by atoms with Crippen LogP contribution in [0.1, 0.15) is 11.4 Å². The van der Waals surface area contributed by atoms with Gasteiger partial charge in [0.25, 0.3) is 0 Å². The van der Waals surface area contributed by atoms with Gasteiger partial charge >= 0.3 is 0 Å². The molecule has 0 aliphatic heterocycles. The summed E-state index contributed by atoms with van der Waals surface area (Å²) in [5.74, 6) is 1.08. The first kappa shape index (κ1) is 13.6. The standard InChI is InChI=1S/C15H14ClN5/c1-21-9-11(8-18-21)13-7-14(17)20-15(19-13)6-10-4-2-3-5-12(10)16/h2-5,7-9H,6H2,1H3,(H2,17,19,20). The highest BCUT2D eigenvalue weighted by molar-refractivity contribution is 6.31. The Kier molecular flexibility index (Phi) is 3.58. The summed E-state index contributed by atoms with van der Waals surface area (Å²) in [4.78, 5) is 8.83. The molecule has 0 aliphatic rings. The van der Waals surface area contributed by atoms with Crippen LogP contribution in [-0.4, -0.2) is 19.7 Å². The molecule has 0 atom stereocenters. The van der Waals surface area contributed by atoms with Gasteiger partial charge in [-0.05, 0) is 11.6 Å². The largest absolute Gasteiger partial charge is 0.384 e. The number of aryl methyl sites for hydroxylation is 1. The summed E-state index contributed by atoms with van der Waals surface area (Å²) in [7, 11) is 1.86. The predicted octanol–water partition coefficient (Wildman–Crippen LogP) is 2.70. The number of halogens is 1. The molecule has 0 aliphatic carbocycles. The maximum atomic E-state index is 6.17. The van der Waals surface area contributed by atoms with E-state index in [-0.39, 0.29) is 0 Å². The van der Waals surface area contributed by atoms with E-state index in [4.69, 9.17) is 17.3 Å². The molecule has 5 nitrogen and oxygen atoms in total. The average Bonchev–Trinajstić information content (AvgIpc) is 2.88. The summed E-state index contributed by atoms with van der Waals surface area (Å²) in [5.41, 5.74) is 8.53. The van der Waals surface area contributed by atoms with Crippen molar-refractivity contribution in [2.75, 3.05) is 5.73 Å². The number of hydrogen-bond acceptors (Lipinski definition) is 4. The van der Waals surface area contributed by atoms with Crippen LogP contribution in [0.25, 0.3) is 11.3 Å². The molecule has 0 saturated carbocycles. The Hall–Kier alpha value is -2.40. The van der Waals surface area contributed by atoms with Crippen molar-refractivity contribution < 1.29 is 0 Å². The van der Waals surface area contributed by atoms with Gasteiger partial charge in [0.1, 0.15) is 11.6 Å². The Bertz CT molecular complexity index is 781. The molecule has 2 aromatic heterocycles. The second-order valence-electron chi connectivity index (χ2n) is 4.77. The smallest absolute Gasteiger partial charge is 0.135 e. The third kappa shape index (κ3) is 3.03. The van der Waals surface area contributed by atoms with Gasteiger partial charge in [0.15, 0.2) is 0 Å². The Morgan fingerprint density at radius 1 is 1.24 bits per heavy atom. The summed E-state index contributed by atoms with van der Waals surface area (Å²) < 4.78 is 1.72. The van der Waals surface area contributed by atoms with E-state index in [0.717, 1.165) is 16.8 Å². The van der Waals surface area contributed by atoms with Crippen LogP contribution in [0, 0.1) is 0 Å². The highest BCUT2D eigenvalue weighted by Gasteiger charge is 2.09. The van der Waals surface area contributed by atoms with Crippen LogP contribution in [0.2, 0.25) is 5.02 Å². The monoisotopic (exact) mass is 299 g/mol. The molecule has 0 fully saturated rings. The number of nitrogens with two attached hydrogens (primary N) is 1. The van der Waals surface area contributed by atoms with Crippen molar-refractivity contribution in [1.82, 2.24) is 19.7 Å². The average molecular weight is 300 g/mol. The molecular formula is C15H14ClN5. The van der Waals surface area contributed by atoms with Crippen LogP contribution in [-0.2, 0) is 13.5 Å². The van der Waals surface area contributed by atoms with Gasteiger partial charge in [0.05, 0.1) is 11.9 Å². The van der Waals surface area contributed by atoms with Gasteiger partial charge in [-0.3, -0.25) is 4.68 Å². The van der Waals surface area contributed by atoms with E-state index in [1.165, 1.54) is 0 Å². The van der Waals surface area contributed by atoms with Gasteiger partial charge in [-0.15, -0.1) is 0 Å². The molecule has 3 rings (SSSR count). The van der Waals surface area contributed by atoms with Gasteiger partial charge in [0.2, 0.25) is 0 Å². The van der Waals surface area contributed by atoms with Crippen LogP contribution in [0.5, 0.6) is 0 Å². The van der Waals surface area contributed by atoms with Crippen LogP contribution in [0.4, 0.5) is 5.82 Å². The zero-order valence-electron chi connectivity index (χ0n) is 11.5. The van der Waals surface area contributed by atoms with E-state index >= 15 is 0 Å². The molecule has 2 N–H and O–H groups in total. The molecule has 0 unspecified atom stereocenters. The quantitative estimate of drug-likeness (QED) is 0.807. The number of nitrogens with zero attached hydrogens (tertiary/aromatic N) is 4. The van der Waals surface area contributed by atoms with Gasteiger partial charge in [-0.2, -0.15) is 5.10 Å². The number of nitrogen functional groups attached to an aromatic ring is 1. The zero-order chi connectivity index (χ0) is 14.8. The third-order valence-corrected chi connectivity index (χ3v) is 3.47. The van der Waals surface area contributed by atoms with Crippen molar-refractivity contribution in [2.24, 2.45) is 7.05 Å². The van der Waals surface area contributed by atoms with Crippen molar-refractivity contribution in [1.29, 1.82) is 0 Å². The molecule has 0 saturated heterocycles. The van der Waals surface area contributed by atoms with Crippen molar-refractivity contribution in [2.45, 2.75) is 6.42 Å². The van der Waals surface area contributed by atoms with E-state index < -0.39 is 0 Å². The second-order valence-corrected chi connectivity index (χ2v) is 5.17. The van der Waals surface area contributed by atoms with Crippen LogP contribution in [0.15, 0.2) is 42.7 Å². The van der Waals surface area contributed by atoms with Gasteiger partial charge < -0.3 is 5.73 Å². The first-order valence-corrected chi connectivity index (χ1v) is 6.85. The fraction of sp³-hybridized carbons (Fsp3) is 0.133. The van der Waals surface area contributed by atoms with E-state index in [1.807, 2.05) is 37.5 Å². The summed E-state index contributed by atoms with van der Waals surface area (Å²) in [6.07, 6.45) is 4.18. The molecule has 2 heterocycles. The molecule has 1 aromatic carbocycles. The molecular weight excluding hydrogens is 286 g/mol. The molecule has 6 heteroatoms. The predicted molar refractivity (Wildman–Crippen MR) is 82.9 cm³/mol. The Balaban J connectivity index is 1.97. The summed E-state index contributed by atoms with van der Waals surface area (Å²) in [6.45, 7) is 0. The fourth-order valence-electron chi connectivity index (χ4n) is 2.11. The van der Waals surface area contributed by atoms with Gasteiger partial charge in [0, 0.05) is 36.3 Å². The van der Waals surface area contributed by atoms with E-state index in [0.29, 0.717) is 23.1 Å². The zero-order valence-corrected chi connectivity index (χ0v) is 12.2. The minimum atomic E-state index is 0.436. The molecule has 3 aromatic rings. The molecule has 106 valence electrons. The van der Waals surface area contributed by atoms with Crippen molar-refractivity contribution in [3.05, 3.63) is 59.1 Å². The molecule has 0 bridgehead atoms. The van der Waals surface area contributed by atoms with Gasteiger partial charge in [-0.25, -0.2) is 9.97 Å². The lowest BCUT2D eigenvalue weighted by atomic mass is 10.1. The number of benzene rings is 1. The molecule has 21 heavy (non-hydrogen) atoms. The Labute approximate surface area is 127 Å². The Morgan fingerprint density at radius 3 is 2.76 bits per heavy atom. The second kappa shape index (κ2) is 5.54. The number of anilines is 1. The highest BCUT2D eigenvalue weighted by atomic mass is 35.5. The fourth-order valence-corrected chi connectivity index (χ4v) is 2.31. The lowest BCUT2D eigenvalue weighted by molar-refractivity contribution is 0.768. The van der Waals surface area contributed by atoms with Crippen LogP contribution in [0.3, 0.4) is 0 Å². The lowest BCUT2D eigenvalue weighted by Crippen LogP contribution is -2.02. The van der Waals surface area contributed by atoms with Crippen LogP contribution >= 0.6 is 11.6 Å². The number of rotatable bonds is 3. The first-order valence-electron chi connectivity index (χ1n) is 6.47. The molecule has 0 radical (unpaired) electrons. The van der Waals surface area contributed by atoms with Crippen molar-refractivity contribution >= 4 is 17.4 Å². The molecule has 0 amide bonds. The van der Waals surface area contributed by atoms with E-state index in [1.54, 1.807) is 16.9 Å². The lowest BCUT2D eigenvalue weighted by Gasteiger charge is -2.06. The normalized spacial score (nSPS) is 10.8. The maximum Gasteiger partial charge on any atom is 0.135 e. The van der Waals surface area contributed by atoms with Crippen LogP contribution < -0.4 is 5.73 Å². The SMILES string of the molecule is Cn1cc(-c2cc(N)nc(Cc3ccccc3Cl)n2)cn1. The number of aromatic nitrogens is 4. The summed E-state index contributed by atoms with van der Waals surface area (Å²) >= 11 is 6.17. The Morgan fingerprint density at radius 2 is 2.05 bits per heavy atom. The topological polar surface area (TPSA) is 69.6 Å². The van der Waals surface area contributed by atoms with Gasteiger partial charge in [-0.1, -0.05) is 29.8 Å². The highest BCUT2D eigenvalue weighted by Crippen LogP contribution is 2.21. The first-order chi connectivity index (χ1) is 10.1. The minimum absolute atomic E-state index is 0.436. The van der Waals surface area contributed by atoms with Crippen molar-refractivity contribution in [3.63, 3.8) is 0 Å². The maximum absolute atomic E-state index is 6.17. The van der Waals surface area contributed by atoms with Crippen molar-refractivity contribution in [3.8, 4) is 11.3 Å². The summed E-state index contributed by atoms with van der Waals surface area (Å²) in [6, 6.07) is 9.39. The van der Waals surface area contributed by atoms with E-state index in [2.05, 4.69) is 15.1 Å². The third-order valence-electron chi connectivity index (χ3n) is 3.10. The summed E-state index contributed by atoms with van der Waals surface area (Å²) in [5, 5.41) is 4.85. The molecule has 0 spiro atoms. The minimum Gasteiger partial charge on any atom is -0.384 e.